The summed E-state index contributed by atoms with van der Waals surface area (Å²) >= 11 is 0. The van der Waals surface area contributed by atoms with Crippen LogP contribution in [0.25, 0.3) is 122 Å². The van der Waals surface area contributed by atoms with Crippen molar-refractivity contribution in [1.82, 2.24) is 39.6 Å². The topological polar surface area (TPSA) is 130 Å². The molecule has 0 saturated carbocycles. The molecule has 1 atom stereocenters. The summed E-state index contributed by atoms with van der Waals surface area (Å²) in [7, 11) is 2.05. The number of fused-ring (bicyclic) bond motifs is 7. The summed E-state index contributed by atoms with van der Waals surface area (Å²) in [6, 6.07) is 42.8. The molecule has 1 amide bonds. The standard InChI is InChI=1S/C76H61F6N9O3/c1-4-9-49-36-51(43-84-66(49)5-2)47-19-25-68-62(37-47)73-63(44-86-68)60(41-71(93)91(73)53-22-24-56(64(39-53)75(77,78)79)45-15-17-46(18-16-45)74(94)87-52-10-8-32-88(3)33-29-52)59-14-7-12-57-55(11-6-13-58(57)59)48-20-26-67-61(38-48)72-50(42-85-67)21-28-70(92)90(72)54-23-27-69(65(40-54)76(80,81)82)89-34-30-83-31-35-89/h4-7,9,11-28,36-44,52,83H,2,8,10,29-35H2,1,3H3,(H,87,94). The Hall–Kier alpha value is -10.6. The van der Waals surface area contributed by atoms with E-state index in [0.717, 1.165) is 66.6 Å². The number of hydrogen-bond acceptors (Lipinski definition) is 9. The molecular formula is C76H61F6N9O3. The first-order chi connectivity index (χ1) is 45.4. The second-order valence-corrected chi connectivity index (χ2v) is 24.0. The largest absolute Gasteiger partial charge is 0.418 e. The fourth-order valence-corrected chi connectivity index (χ4v) is 13.6. The van der Waals surface area contributed by atoms with E-state index in [1.165, 1.54) is 63.7 Å². The number of pyridine rings is 5. The second-order valence-electron chi connectivity index (χ2n) is 24.0. The molecule has 2 aliphatic heterocycles. The number of nitrogens with zero attached hydrogens (tertiary/aromatic N) is 7. The van der Waals surface area contributed by atoms with Crippen LogP contribution in [0.4, 0.5) is 32.0 Å². The van der Waals surface area contributed by atoms with Gasteiger partial charge in [-0.3, -0.25) is 38.5 Å². The van der Waals surface area contributed by atoms with Crippen molar-refractivity contribution >= 4 is 78.1 Å². The smallest absolute Gasteiger partial charge is 0.368 e. The average molecular weight is 1260 g/mol. The minimum Gasteiger partial charge on any atom is -0.368 e. The van der Waals surface area contributed by atoms with Gasteiger partial charge in [0.2, 0.25) is 0 Å². The van der Waals surface area contributed by atoms with Crippen LogP contribution in [0, 0.1) is 0 Å². The van der Waals surface area contributed by atoms with Crippen molar-refractivity contribution in [3.8, 4) is 55.9 Å². The number of piperazine rings is 1. The number of allylic oxidation sites excluding steroid dienone is 1. The molecule has 0 aliphatic carbocycles. The molecule has 7 heterocycles. The van der Waals surface area contributed by atoms with Crippen LogP contribution in [0.5, 0.6) is 0 Å². The Morgan fingerprint density at radius 1 is 0.574 bits per heavy atom. The van der Waals surface area contributed by atoms with Crippen molar-refractivity contribution < 1.29 is 31.1 Å². The zero-order valence-electron chi connectivity index (χ0n) is 51.2. The first-order valence-corrected chi connectivity index (χ1v) is 31.1. The van der Waals surface area contributed by atoms with Gasteiger partial charge < -0.3 is 20.4 Å². The Morgan fingerprint density at radius 2 is 1.23 bits per heavy atom. The van der Waals surface area contributed by atoms with E-state index in [9.17, 15) is 9.59 Å². The number of carbonyl (C=O) groups is 1. The van der Waals surface area contributed by atoms with Crippen LogP contribution in [0.2, 0.25) is 0 Å². The highest BCUT2D eigenvalue weighted by Gasteiger charge is 2.37. The van der Waals surface area contributed by atoms with Crippen LogP contribution in [0.1, 0.15) is 58.9 Å². The van der Waals surface area contributed by atoms with Gasteiger partial charge in [-0.15, -0.1) is 0 Å². The van der Waals surface area contributed by atoms with E-state index < -0.39 is 34.6 Å². The Bertz CT molecular complexity index is 5210. The quantitative estimate of drug-likeness (QED) is 0.0960. The van der Waals surface area contributed by atoms with E-state index in [0.29, 0.717) is 109 Å². The predicted molar refractivity (Wildman–Crippen MR) is 363 cm³/mol. The van der Waals surface area contributed by atoms with Crippen LogP contribution in [0.3, 0.4) is 0 Å². The minimum atomic E-state index is -4.90. The van der Waals surface area contributed by atoms with Gasteiger partial charge in [0.05, 0.1) is 44.6 Å². The third kappa shape index (κ3) is 11.4. The van der Waals surface area contributed by atoms with Gasteiger partial charge in [-0.2, -0.15) is 26.3 Å². The lowest BCUT2D eigenvalue weighted by Gasteiger charge is -2.32. The molecule has 2 fully saturated rings. The number of hydrogen-bond donors (Lipinski definition) is 2. The third-order valence-corrected chi connectivity index (χ3v) is 18.2. The first-order valence-electron chi connectivity index (χ1n) is 31.1. The molecule has 470 valence electrons. The number of carbonyl (C=O) groups excluding carboxylic acids is 1. The Kier molecular flexibility index (Phi) is 15.9. The van der Waals surface area contributed by atoms with Crippen LogP contribution >= 0.6 is 0 Å². The molecule has 12 nitrogen and oxygen atoms in total. The van der Waals surface area contributed by atoms with Gasteiger partial charge in [-0.25, -0.2) is 0 Å². The SMILES string of the molecule is C=Cc1ncc(-c2ccc3ncc4c(-c5cccc6c(-c7ccc8ncc9ccc(=O)n(-c%10ccc(N%11CCNCC%11)c(C(F)(F)F)c%10)c9c8c7)cccc56)cc(=O)n(-c5ccc(-c6ccc(C(=O)NC7CCCN(C)CC7)cc6)c(C(F)(F)F)c5)c4c3c2)cc1C=CC. The molecule has 14 rings (SSSR count). The molecule has 0 bridgehead atoms. The summed E-state index contributed by atoms with van der Waals surface area (Å²) < 4.78 is 94.9. The maximum absolute atomic E-state index is 15.7. The number of amides is 1. The highest BCUT2D eigenvalue weighted by Crippen LogP contribution is 2.44. The number of halogens is 6. The zero-order valence-corrected chi connectivity index (χ0v) is 51.2. The second kappa shape index (κ2) is 24.5. The summed E-state index contributed by atoms with van der Waals surface area (Å²) in [5, 5.41) is 9.70. The van der Waals surface area contributed by atoms with Gasteiger partial charge in [0.25, 0.3) is 17.0 Å². The molecule has 12 aromatic rings. The number of rotatable bonds is 11. The van der Waals surface area contributed by atoms with Crippen molar-refractivity contribution in [2.24, 2.45) is 0 Å². The Balaban J connectivity index is 0.921. The summed E-state index contributed by atoms with van der Waals surface area (Å²) in [4.78, 5) is 61.3. The highest BCUT2D eigenvalue weighted by molar-refractivity contribution is 6.15. The Morgan fingerprint density at radius 3 is 1.97 bits per heavy atom. The van der Waals surface area contributed by atoms with Crippen LogP contribution in [0.15, 0.2) is 199 Å². The van der Waals surface area contributed by atoms with E-state index in [1.54, 1.807) is 53.8 Å². The predicted octanol–water partition coefficient (Wildman–Crippen LogP) is 15.9. The lowest BCUT2D eigenvalue weighted by atomic mass is 9.91. The fraction of sp³-hybridized carbons (Fsp3) is 0.184. The summed E-state index contributed by atoms with van der Waals surface area (Å²) in [5.41, 5.74) is 4.46. The molecule has 0 spiro atoms. The molecule has 18 heteroatoms. The molecule has 2 N–H and O–H groups in total. The number of aromatic nitrogens is 5. The summed E-state index contributed by atoms with van der Waals surface area (Å²) in [6.45, 7) is 9.44. The van der Waals surface area contributed by atoms with Crippen molar-refractivity contribution in [3.05, 3.63) is 238 Å². The maximum atomic E-state index is 15.7. The van der Waals surface area contributed by atoms with Crippen molar-refractivity contribution in [1.29, 1.82) is 0 Å². The van der Waals surface area contributed by atoms with Crippen molar-refractivity contribution in [3.63, 3.8) is 0 Å². The lowest BCUT2D eigenvalue weighted by molar-refractivity contribution is -0.137. The minimum absolute atomic E-state index is 0.0225. The number of anilines is 1. The van der Waals surface area contributed by atoms with Gasteiger partial charge in [0.15, 0.2) is 0 Å². The molecule has 2 aliphatic rings. The van der Waals surface area contributed by atoms with E-state index in [2.05, 4.69) is 27.1 Å². The van der Waals surface area contributed by atoms with Gasteiger partial charge >= 0.3 is 12.4 Å². The Labute approximate surface area is 535 Å². The number of alkyl halides is 6. The van der Waals surface area contributed by atoms with Crippen molar-refractivity contribution in [2.45, 2.75) is 44.6 Å². The number of likely N-dealkylation sites (tertiary alicyclic amines) is 1. The maximum Gasteiger partial charge on any atom is 0.418 e. The molecule has 7 aromatic carbocycles. The first kappa shape index (κ1) is 61.0. The van der Waals surface area contributed by atoms with Crippen molar-refractivity contribution in [2.75, 3.05) is 51.2 Å². The monoisotopic (exact) mass is 1260 g/mol. The normalized spacial score (nSPS) is 15.2. The molecule has 5 aromatic heterocycles. The molecule has 0 radical (unpaired) electrons. The fourth-order valence-electron chi connectivity index (χ4n) is 13.6. The summed E-state index contributed by atoms with van der Waals surface area (Å²) in [6.07, 6.45) is 3.35. The average Bonchev–Trinajstić information content (AvgIpc) is 0.748. The van der Waals surface area contributed by atoms with Crippen LogP contribution < -0.4 is 26.7 Å². The van der Waals surface area contributed by atoms with E-state index in [4.69, 9.17) is 9.97 Å². The van der Waals surface area contributed by atoms with E-state index in [1.807, 2.05) is 92.9 Å². The van der Waals surface area contributed by atoms with Gasteiger partial charge in [0.1, 0.15) is 0 Å². The molecule has 2 saturated heterocycles. The summed E-state index contributed by atoms with van der Waals surface area (Å²) in [5.74, 6) is -0.299. The third-order valence-electron chi connectivity index (χ3n) is 18.2. The zero-order chi connectivity index (χ0) is 65.2. The van der Waals surface area contributed by atoms with Crippen LogP contribution in [-0.4, -0.2) is 87.3 Å². The number of benzene rings is 7. The molecular weight excluding hydrogens is 1200 g/mol. The lowest BCUT2D eigenvalue weighted by Crippen LogP contribution is -2.44. The van der Waals surface area contributed by atoms with E-state index in [-0.39, 0.29) is 40.1 Å². The van der Waals surface area contributed by atoms with Gasteiger partial charge in [-0.05, 0) is 181 Å². The molecule has 1 unspecified atom stereocenters. The highest BCUT2D eigenvalue weighted by atomic mass is 19.4. The van der Waals surface area contributed by atoms with Gasteiger partial charge in [-0.1, -0.05) is 85.5 Å². The molecule has 94 heavy (non-hydrogen) atoms. The van der Waals surface area contributed by atoms with Crippen LogP contribution in [-0.2, 0) is 12.4 Å². The van der Waals surface area contributed by atoms with E-state index >= 15 is 31.1 Å². The number of nitrogens with one attached hydrogen (secondary N) is 2. The van der Waals surface area contributed by atoms with Gasteiger partial charge in [0, 0.05) is 113 Å².